The van der Waals surface area contributed by atoms with E-state index in [1.165, 1.54) is 0 Å². The van der Waals surface area contributed by atoms with Crippen molar-refractivity contribution in [2.24, 2.45) is 0 Å². The third-order valence-electron chi connectivity index (χ3n) is 4.16. The van der Waals surface area contributed by atoms with E-state index in [-0.39, 0.29) is 23.3 Å². The van der Waals surface area contributed by atoms with E-state index in [1.54, 1.807) is 0 Å². The second-order valence-corrected chi connectivity index (χ2v) is 6.15. The fourth-order valence-corrected chi connectivity index (χ4v) is 2.56. The molecule has 0 aliphatic carbocycles. The second kappa shape index (κ2) is 7.69. The standard InChI is InChI=1S/C19H20N6O2/c1-12-8-9-15(10-13(12)2)22-19-23-17(20)16(25(26)27)18(24-19)21-11-14-6-4-3-5-7-14/h3-10H,11H2,1-2H3,(H4,20,21,22,23,24). The van der Waals surface area contributed by atoms with Crippen LogP contribution in [0, 0.1) is 24.0 Å². The Kier molecular flexibility index (Phi) is 5.16. The Hall–Kier alpha value is -3.68. The Bertz CT molecular complexity index is 975. The van der Waals surface area contributed by atoms with E-state index in [2.05, 4.69) is 20.6 Å². The zero-order valence-electron chi connectivity index (χ0n) is 15.1. The molecule has 2 aromatic carbocycles. The second-order valence-electron chi connectivity index (χ2n) is 6.15. The van der Waals surface area contributed by atoms with Crippen LogP contribution in [0.3, 0.4) is 0 Å². The Morgan fingerprint density at radius 3 is 2.48 bits per heavy atom. The molecule has 0 saturated carbocycles. The van der Waals surface area contributed by atoms with Crippen molar-refractivity contribution in [1.82, 2.24) is 9.97 Å². The van der Waals surface area contributed by atoms with Crippen LogP contribution in [0.15, 0.2) is 48.5 Å². The highest BCUT2D eigenvalue weighted by atomic mass is 16.6. The molecule has 0 unspecified atom stereocenters. The van der Waals surface area contributed by atoms with Crippen LogP contribution >= 0.6 is 0 Å². The van der Waals surface area contributed by atoms with E-state index in [0.29, 0.717) is 6.54 Å². The van der Waals surface area contributed by atoms with Crippen LogP contribution in [0.2, 0.25) is 0 Å². The molecule has 138 valence electrons. The number of nitrogens with two attached hydrogens (primary N) is 1. The first kappa shape index (κ1) is 18.1. The summed E-state index contributed by atoms with van der Waals surface area (Å²) < 4.78 is 0. The molecule has 1 heterocycles. The number of benzene rings is 2. The van der Waals surface area contributed by atoms with Crippen LogP contribution in [-0.2, 0) is 6.54 Å². The van der Waals surface area contributed by atoms with E-state index in [9.17, 15) is 10.1 Å². The Balaban J connectivity index is 1.90. The lowest BCUT2D eigenvalue weighted by Crippen LogP contribution is -2.10. The fourth-order valence-electron chi connectivity index (χ4n) is 2.56. The minimum Gasteiger partial charge on any atom is -0.378 e. The third kappa shape index (κ3) is 4.30. The molecule has 0 amide bonds. The molecule has 0 radical (unpaired) electrons. The molecule has 0 atom stereocenters. The predicted octanol–water partition coefficient (Wildman–Crippen LogP) is 3.94. The lowest BCUT2D eigenvalue weighted by atomic mass is 10.1. The number of nitrogens with one attached hydrogen (secondary N) is 2. The summed E-state index contributed by atoms with van der Waals surface area (Å²) in [6.45, 7) is 4.39. The van der Waals surface area contributed by atoms with Gasteiger partial charge in [0.05, 0.1) is 4.92 Å². The van der Waals surface area contributed by atoms with Crippen molar-refractivity contribution in [3.05, 3.63) is 75.3 Å². The van der Waals surface area contributed by atoms with E-state index < -0.39 is 4.92 Å². The van der Waals surface area contributed by atoms with Gasteiger partial charge in [0.1, 0.15) is 0 Å². The van der Waals surface area contributed by atoms with Crippen molar-refractivity contribution < 1.29 is 4.92 Å². The van der Waals surface area contributed by atoms with Crippen LogP contribution in [0.25, 0.3) is 0 Å². The van der Waals surface area contributed by atoms with Crippen molar-refractivity contribution in [2.45, 2.75) is 20.4 Å². The van der Waals surface area contributed by atoms with Gasteiger partial charge in [-0.1, -0.05) is 36.4 Å². The van der Waals surface area contributed by atoms with Crippen LogP contribution in [0.4, 0.5) is 29.0 Å². The number of rotatable bonds is 6. The van der Waals surface area contributed by atoms with Crippen molar-refractivity contribution in [2.75, 3.05) is 16.4 Å². The quantitative estimate of drug-likeness (QED) is 0.447. The van der Waals surface area contributed by atoms with Gasteiger partial charge < -0.3 is 16.4 Å². The molecule has 27 heavy (non-hydrogen) atoms. The molecule has 8 heteroatoms. The number of hydrogen-bond donors (Lipinski definition) is 3. The van der Waals surface area contributed by atoms with Crippen LogP contribution in [-0.4, -0.2) is 14.9 Å². The van der Waals surface area contributed by atoms with Gasteiger partial charge in [-0.2, -0.15) is 9.97 Å². The summed E-state index contributed by atoms with van der Waals surface area (Å²) in [4.78, 5) is 19.1. The molecule has 8 nitrogen and oxygen atoms in total. The number of anilines is 4. The maximum Gasteiger partial charge on any atom is 0.353 e. The molecule has 0 aliphatic heterocycles. The monoisotopic (exact) mass is 364 g/mol. The number of hydrogen-bond acceptors (Lipinski definition) is 7. The largest absolute Gasteiger partial charge is 0.378 e. The summed E-state index contributed by atoms with van der Waals surface area (Å²) in [5.41, 5.74) is 9.50. The van der Waals surface area contributed by atoms with Gasteiger partial charge in [0.15, 0.2) is 0 Å². The number of nitrogen functional groups attached to an aromatic ring is 1. The summed E-state index contributed by atoms with van der Waals surface area (Å²) in [5, 5.41) is 17.4. The van der Waals surface area contributed by atoms with Gasteiger partial charge in [0.2, 0.25) is 17.6 Å². The Labute approximate surface area is 156 Å². The van der Waals surface area contributed by atoms with E-state index in [1.807, 2.05) is 62.4 Å². The molecule has 0 saturated heterocycles. The van der Waals surface area contributed by atoms with E-state index in [4.69, 9.17) is 5.73 Å². The first-order valence-electron chi connectivity index (χ1n) is 8.38. The average Bonchev–Trinajstić information content (AvgIpc) is 2.63. The fraction of sp³-hybridized carbons (Fsp3) is 0.158. The minimum atomic E-state index is -0.581. The summed E-state index contributed by atoms with van der Waals surface area (Å²) in [7, 11) is 0. The van der Waals surface area contributed by atoms with Crippen LogP contribution in [0.5, 0.6) is 0 Å². The SMILES string of the molecule is Cc1ccc(Nc2nc(N)c([N+](=O)[O-])c(NCc3ccccc3)n2)cc1C. The minimum absolute atomic E-state index is 0.0719. The molecule has 4 N–H and O–H groups in total. The van der Waals surface area contributed by atoms with E-state index in [0.717, 1.165) is 22.4 Å². The molecular weight excluding hydrogens is 344 g/mol. The molecule has 0 spiro atoms. The smallest absolute Gasteiger partial charge is 0.353 e. The topological polar surface area (TPSA) is 119 Å². The third-order valence-corrected chi connectivity index (χ3v) is 4.16. The molecule has 0 aliphatic rings. The van der Waals surface area contributed by atoms with Crippen molar-refractivity contribution >= 4 is 29.0 Å². The highest BCUT2D eigenvalue weighted by Crippen LogP contribution is 2.30. The summed E-state index contributed by atoms with van der Waals surface area (Å²) >= 11 is 0. The van der Waals surface area contributed by atoms with Crippen molar-refractivity contribution in [1.29, 1.82) is 0 Å². The maximum atomic E-state index is 11.4. The maximum absolute atomic E-state index is 11.4. The molecule has 3 aromatic rings. The van der Waals surface area contributed by atoms with Crippen LogP contribution in [0.1, 0.15) is 16.7 Å². The first-order valence-corrected chi connectivity index (χ1v) is 8.38. The first-order chi connectivity index (χ1) is 12.9. The van der Waals surface area contributed by atoms with Crippen LogP contribution < -0.4 is 16.4 Å². The zero-order valence-corrected chi connectivity index (χ0v) is 15.1. The van der Waals surface area contributed by atoms with Gasteiger partial charge in [-0.25, -0.2) is 0 Å². The highest BCUT2D eigenvalue weighted by Gasteiger charge is 2.23. The summed E-state index contributed by atoms with van der Waals surface area (Å²) in [6, 6.07) is 15.3. The van der Waals surface area contributed by atoms with Gasteiger partial charge in [-0.3, -0.25) is 10.1 Å². The number of aryl methyl sites for hydroxylation is 2. The van der Waals surface area contributed by atoms with Crippen molar-refractivity contribution in [3.63, 3.8) is 0 Å². The van der Waals surface area contributed by atoms with Gasteiger partial charge in [-0.15, -0.1) is 0 Å². The predicted molar refractivity (Wildman–Crippen MR) is 106 cm³/mol. The molecular formula is C19H20N6O2. The van der Waals surface area contributed by atoms with Gasteiger partial charge in [-0.05, 0) is 42.7 Å². The number of nitro groups is 1. The Morgan fingerprint density at radius 1 is 1.07 bits per heavy atom. The molecule has 0 fully saturated rings. The van der Waals surface area contributed by atoms with Gasteiger partial charge in [0, 0.05) is 12.2 Å². The molecule has 1 aromatic heterocycles. The molecule has 3 rings (SSSR count). The average molecular weight is 364 g/mol. The van der Waals surface area contributed by atoms with Gasteiger partial charge >= 0.3 is 5.69 Å². The lowest BCUT2D eigenvalue weighted by molar-refractivity contribution is -0.383. The zero-order chi connectivity index (χ0) is 19.4. The highest BCUT2D eigenvalue weighted by molar-refractivity contribution is 5.71. The normalized spacial score (nSPS) is 10.4. The number of nitrogens with zero attached hydrogens (tertiary/aromatic N) is 3. The summed E-state index contributed by atoms with van der Waals surface area (Å²) in [6.07, 6.45) is 0. The van der Waals surface area contributed by atoms with Crippen molar-refractivity contribution in [3.8, 4) is 0 Å². The number of aromatic nitrogens is 2. The Morgan fingerprint density at radius 2 is 1.81 bits per heavy atom. The molecule has 0 bridgehead atoms. The lowest BCUT2D eigenvalue weighted by Gasteiger charge is -2.11. The summed E-state index contributed by atoms with van der Waals surface area (Å²) in [5.74, 6) is 0.0662. The van der Waals surface area contributed by atoms with Gasteiger partial charge in [0.25, 0.3) is 0 Å². The van der Waals surface area contributed by atoms with E-state index >= 15 is 0 Å².